The lowest BCUT2D eigenvalue weighted by atomic mass is 9.99. The van der Waals surface area contributed by atoms with Crippen LogP contribution in [0.1, 0.15) is 0 Å². The third-order valence-electron chi connectivity index (χ3n) is 9.47. The SMILES string of the molecule is c1ccc(-c2cccc(-c3nc(-c4ccc5c(c4)oc4cccc(-c6ccccc6)c45)nc(-n4c5ccccc5c5ccccc54)n3)c2)cc1. The van der Waals surface area contributed by atoms with E-state index in [2.05, 4.69) is 150 Å². The zero-order valence-corrected chi connectivity index (χ0v) is 26.9. The second-order valence-electron chi connectivity index (χ2n) is 12.5. The number of furan rings is 1. The maximum absolute atomic E-state index is 6.50. The summed E-state index contributed by atoms with van der Waals surface area (Å²) in [5.74, 6) is 1.73. The Morgan fingerprint density at radius 3 is 1.68 bits per heavy atom. The summed E-state index contributed by atoms with van der Waals surface area (Å²) in [7, 11) is 0. The van der Waals surface area contributed by atoms with E-state index in [9.17, 15) is 0 Å². The molecule has 50 heavy (non-hydrogen) atoms. The van der Waals surface area contributed by atoms with E-state index in [-0.39, 0.29) is 0 Å². The number of nitrogens with zero attached hydrogens (tertiary/aromatic N) is 4. The van der Waals surface area contributed by atoms with Crippen LogP contribution in [0.25, 0.3) is 94.7 Å². The van der Waals surface area contributed by atoms with Crippen LogP contribution in [0.3, 0.4) is 0 Å². The summed E-state index contributed by atoms with van der Waals surface area (Å²) in [6.45, 7) is 0. The Morgan fingerprint density at radius 2 is 0.960 bits per heavy atom. The number of fused-ring (bicyclic) bond motifs is 6. The van der Waals surface area contributed by atoms with Gasteiger partial charge in [0.25, 0.3) is 0 Å². The molecule has 0 saturated heterocycles. The fourth-order valence-electron chi connectivity index (χ4n) is 7.15. The van der Waals surface area contributed by atoms with Crippen molar-refractivity contribution in [3.63, 3.8) is 0 Å². The third-order valence-corrected chi connectivity index (χ3v) is 9.47. The molecular weight excluding hydrogens is 613 g/mol. The predicted octanol–water partition coefficient (Wildman–Crippen LogP) is 11.5. The molecule has 3 heterocycles. The highest BCUT2D eigenvalue weighted by atomic mass is 16.3. The topological polar surface area (TPSA) is 56.7 Å². The molecule has 0 atom stereocenters. The summed E-state index contributed by atoms with van der Waals surface area (Å²) in [5, 5.41) is 4.45. The van der Waals surface area contributed by atoms with Gasteiger partial charge in [0, 0.05) is 32.7 Å². The number of aromatic nitrogens is 4. The number of benzene rings is 7. The smallest absolute Gasteiger partial charge is 0.238 e. The maximum atomic E-state index is 6.50. The highest BCUT2D eigenvalue weighted by molar-refractivity contribution is 6.13. The lowest BCUT2D eigenvalue weighted by Crippen LogP contribution is -2.06. The summed E-state index contributed by atoms with van der Waals surface area (Å²) in [4.78, 5) is 15.5. The molecule has 0 bridgehead atoms. The van der Waals surface area contributed by atoms with Crippen LogP contribution in [0.2, 0.25) is 0 Å². The van der Waals surface area contributed by atoms with Crippen molar-refractivity contribution in [2.24, 2.45) is 0 Å². The predicted molar refractivity (Wildman–Crippen MR) is 203 cm³/mol. The van der Waals surface area contributed by atoms with Gasteiger partial charge in [0.15, 0.2) is 11.6 Å². The van der Waals surface area contributed by atoms with E-state index in [4.69, 9.17) is 19.4 Å². The van der Waals surface area contributed by atoms with E-state index in [1.54, 1.807) is 0 Å². The lowest BCUT2D eigenvalue weighted by Gasteiger charge is -2.11. The van der Waals surface area contributed by atoms with Crippen molar-refractivity contribution in [2.45, 2.75) is 0 Å². The van der Waals surface area contributed by atoms with Crippen LogP contribution in [-0.4, -0.2) is 19.5 Å². The Hall–Kier alpha value is -6.85. The largest absolute Gasteiger partial charge is 0.456 e. The quantitative estimate of drug-likeness (QED) is 0.188. The summed E-state index contributed by atoms with van der Waals surface area (Å²) in [6, 6.07) is 58.5. The van der Waals surface area contributed by atoms with Gasteiger partial charge in [0.2, 0.25) is 5.95 Å². The van der Waals surface area contributed by atoms with Crippen LogP contribution in [0.4, 0.5) is 0 Å². The van der Waals surface area contributed by atoms with E-state index in [1.807, 2.05) is 24.3 Å². The molecule has 0 saturated carbocycles. The van der Waals surface area contributed by atoms with Gasteiger partial charge >= 0.3 is 0 Å². The molecule has 0 aliphatic rings. The van der Waals surface area contributed by atoms with Gasteiger partial charge in [-0.2, -0.15) is 9.97 Å². The van der Waals surface area contributed by atoms with Crippen LogP contribution < -0.4 is 0 Å². The summed E-state index contributed by atoms with van der Waals surface area (Å²) >= 11 is 0. The van der Waals surface area contributed by atoms with E-state index in [0.717, 1.165) is 77.1 Å². The fourth-order valence-corrected chi connectivity index (χ4v) is 7.15. The standard InChI is InChI=1S/C45H28N4O/c1-3-13-29(14-4-1)31-17-11-18-32(27-31)43-46-44(48-45(47-43)49-38-22-9-7-19-35(38)36-20-8-10-23-39(36)49)33-25-26-37-41(28-33)50-40-24-12-21-34(42(37)40)30-15-5-2-6-16-30/h1-28H. The first-order valence-electron chi connectivity index (χ1n) is 16.7. The second-order valence-corrected chi connectivity index (χ2v) is 12.5. The first kappa shape index (κ1) is 28.2. The fraction of sp³-hybridized carbons (Fsp3) is 0. The molecule has 0 aliphatic heterocycles. The van der Waals surface area contributed by atoms with Crippen LogP contribution in [-0.2, 0) is 0 Å². The highest BCUT2D eigenvalue weighted by Crippen LogP contribution is 2.38. The summed E-state index contributed by atoms with van der Waals surface area (Å²) in [6.07, 6.45) is 0. The minimum Gasteiger partial charge on any atom is -0.456 e. The maximum Gasteiger partial charge on any atom is 0.238 e. The molecule has 0 amide bonds. The van der Waals surface area contributed by atoms with Gasteiger partial charge in [-0.15, -0.1) is 0 Å². The van der Waals surface area contributed by atoms with Crippen molar-refractivity contribution >= 4 is 43.7 Å². The Labute approximate surface area is 287 Å². The monoisotopic (exact) mass is 640 g/mol. The Kier molecular flexibility index (Phi) is 6.42. The average molecular weight is 641 g/mol. The van der Waals surface area contributed by atoms with Crippen LogP contribution in [0.15, 0.2) is 174 Å². The van der Waals surface area contributed by atoms with Crippen molar-refractivity contribution in [2.75, 3.05) is 0 Å². The van der Waals surface area contributed by atoms with Gasteiger partial charge in [-0.1, -0.05) is 133 Å². The number of hydrogen-bond acceptors (Lipinski definition) is 4. The van der Waals surface area contributed by atoms with Gasteiger partial charge in [-0.05, 0) is 58.7 Å². The zero-order chi connectivity index (χ0) is 33.0. The Bertz CT molecular complexity index is 2820. The molecule has 0 fully saturated rings. The lowest BCUT2D eigenvalue weighted by molar-refractivity contribution is 0.669. The molecule has 234 valence electrons. The van der Waals surface area contributed by atoms with Crippen molar-refractivity contribution < 1.29 is 4.42 Å². The third kappa shape index (κ3) is 4.60. The molecule has 0 unspecified atom stereocenters. The van der Waals surface area contributed by atoms with Gasteiger partial charge in [0.1, 0.15) is 11.2 Å². The van der Waals surface area contributed by atoms with E-state index in [0.29, 0.717) is 17.6 Å². The number of para-hydroxylation sites is 2. The minimum atomic E-state index is 0.559. The Balaban J connectivity index is 1.20. The van der Waals surface area contributed by atoms with Crippen molar-refractivity contribution in [3.8, 4) is 51.0 Å². The number of hydrogen-bond donors (Lipinski definition) is 0. The minimum absolute atomic E-state index is 0.559. The van der Waals surface area contributed by atoms with Gasteiger partial charge < -0.3 is 4.42 Å². The molecule has 5 nitrogen and oxygen atoms in total. The van der Waals surface area contributed by atoms with Crippen LogP contribution in [0, 0.1) is 0 Å². The summed E-state index contributed by atoms with van der Waals surface area (Å²) < 4.78 is 8.64. The molecule has 10 aromatic rings. The van der Waals surface area contributed by atoms with Crippen molar-refractivity contribution in [1.29, 1.82) is 0 Å². The zero-order valence-electron chi connectivity index (χ0n) is 26.9. The molecule has 10 rings (SSSR count). The molecule has 3 aromatic heterocycles. The normalized spacial score (nSPS) is 11.6. The molecule has 0 aliphatic carbocycles. The average Bonchev–Trinajstić information content (AvgIpc) is 3.74. The van der Waals surface area contributed by atoms with Gasteiger partial charge in [0.05, 0.1) is 11.0 Å². The molecule has 5 heteroatoms. The Morgan fingerprint density at radius 1 is 0.380 bits per heavy atom. The van der Waals surface area contributed by atoms with E-state index in [1.165, 1.54) is 0 Å². The van der Waals surface area contributed by atoms with E-state index < -0.39 is 0 Å². The molecular formula is C45H28N4O. The van der Waals surface area contributed by atoms with E-state index >= 15 is 0 Å². The van der Waals surface area contributed by atoms with Gasteiger partial charge in [-0.3, -0.25) is 4.57 Å². The van der Waals surface area contributed by atoms with Crippen LogP contribution in [0.5, 0.6) is 0 Å². The first-order valence-corrected chi connectivity index (χ1v) is 16.7. The molecule has 7 aromatic carbocycles. The van der Waals surface area contributed by atoms with Crippen molar-refractivity contribution in [1.82, 2.24) is 19.5 Å². The first-order chi connectivity index (χ1) is 24.8. The molecule has 0 spiro atoms. The van der Waals surface area contributed by atoms with Crippen molar-refractivity contribution in [3.05, 3.63) is 170 Å². The highest BCUT2D eigenvalue weighted by Gasteiger charge is 2.19. The van der Waals surface area contributed by atoms with Gasteiger partial charge in [-0.25, -0.2) is 4.98 Å². The molecule has 0 radical (unpaired) electrons. The summed E-state index contributed by atoms with van der Waals surface area (Å²) in [5.41, 5.74) is 10.00. The number of rotatable bonds is 5. The van der Waals surface area contributed by atoms with Crippen LogP contribution >= 0.6 is 0 Å². The second kappa shape index (κ2) is 11.4. The molecule has 0 N–H and O–H groups in total.